The predicted molar refractivity (Wildman–Crippen MR) is 78.7 cm³/mol. The molecule has 1 saturated heterocycles. The van der Waals surface area contributed by atoms with Gasteiger partial charge < -0.3 is 9.52 Å². The zero-order valence-electron chi connectivity index (χ0n) is 11.9. The van der Waals surface area contributed by atoms with E-state index in [-0.39, 0.29) is 18.1 Å². The van der Waals surface area contributed by atoms with Crippen LogP contribution in [0.2, 0.25) is 0 Å². The predicted octanol–water partition coefficient (Wildman–Crippen LogP) is 3.12. The lowest BCUT2D eigenvalue weighted by Gasteiger charge is -2.48. The van der Waals surface area contributed by atoms with Gasteiger partial charge in [0.25, 0.3) is 0 Å². The van der Waals surface area contributed by atoms with E-state index in [1.54, 1.807) is 0 Å². The number of hydrogen-bond acceptors (Lipinski definition) is 3. The number of para-hydroxylation sites is 1. The number of hydrogen-bond donors (Lipinski definition) is 1. The molecule has 0 bridgehead atoms. The number of aliphatic hydroxyl groups is 1. The fourth-order valence-electron chi connectivity index (χ4n) is 4.13. The molecule has 0 saturated carbocycles. The van der Waals surface area contributed by atoms with E-state index >= 15 is 0 Å². The first-order valence-corrected chi connectivity index (χ1v) is 7.58. The Morgan fingerprint density at radius 3 is 3.05 bits per heavy atom. The average Bonchev–Trinajstić information content (AvgIpc) is 2.85. The van der Waals surface area contributed by atoms with Gasteiger partial charge in [0, 0.05) is 22.9 Å². The molecule has 3 heteroatoms. The van der Waals surface area contributed by atoms with Crippen molar-refractivity contribution in [2.45, 2.75) is 32.2 Å². The van der Waals surface area contributed by atoms with Gasteiger partial charge >= 0.3 is 0 Å². The van der Waals surface area contributed by atoms with Crippen LogP contribution in [-0.4, -0.2) is 29.7 Å². The van der Waals surface area contributed by atoms with Gasteiger partial charge in [0.1, 0.15) is 11.3 Å². The number of fused-ring (bicyclic) bond motifs is 5. The van der Waals surface area contributed by atoms with Crippen LogP contribution in [0.25, 0.3) is 11.0 Å². The van der Waals surface area contributed by atoms with Crippen LogP contribution in [0.4, 0.5) is 0 Å². The van der Waals surface area contributed by atoms with Crippen molar-refractivity contribution in [2.24, 2.45) is 5.41 Å². The van der Waals surface area contributed by atoms with E-state index in [1.807, 2.05) is 6.07 Å². The van der Waals surface area contributed by atoms with Crippen LogP contribution in [-0.2, 0) is 6.42 Å². The Bertz CT molecular complexity index is 647. The Kier molecular flexibility index (Phi) is 2.69. The third kappa shape index (κ3) is 1.60. The number of nitrogens with zero attached hydrogens (tertiary/aromatic N) is 1. The van der Waals surface area contributed by atoms with Gasteiger partial charge in [0.2, 0.25) is 0 Å². The van der Waals surface area contributed by atoms with E-state index in [4.69, 9.17) is 4.42 Å². The standard InChI is InChI=1S/C17H21NO2/c1-17(11-19)8-4-9-18-10-7-13-12-5-2-3-6-14(12)20-15(13)16(17)18/h2-3,5-6,16,19H,4,7-11H2,1H3/t16?,17-/m0/s1. The van der Waals surface area contributed by atoms with Crippen molar-refractivity contribution in [1.82, 2.24) is 4.90 Å². The average molecular weight is 271 g/mol. The molecule has 3 nitrogen and oxygen atoms in total. The Balaban J connectivity index is 1.91. The van der Waals surface area contributed by atoms with E-state index in [1.165, 1.54) is 17.4 Å². The second kappa shape index (κ2) is 4.34. The summed E-state index contributed by atoms with van der Waals surface area (Å²) < 4.78 is 6.20. The quantitative estimate of drug-likeness (QED) is 0.865. The summed E-state index contributed by atoms with van der Waals surface area (Å²) in [7, 11) is 0. The summed E-state index contributed by atoms with van der Waals surface area (Å²) in [4.78, 5) is 2.50. The maximum absolute atomic E-state index is 9.92. The van der Waals surface area contributed by atoms with Crippen LogP contribution in [0.15, 0.2) is 28.7 Å². The summed E-state index contributed by atoms with van der Waals surface area (Å²) in [6.45, 7) is 4.63. The summed E-state index contributed by atoms with van der Waals surface area (Å²) in [5.74, 6) is 1.11. The van der Waals surface area contributed by atoms with Gasteiger partial charge in [-0.1, -0.05) is 25.1 Å². The molecule has 4 rings (SSSR count). The maximum Gasteiger partial charge on any atom is 0.134 e. The van der Waals surface area contributed by atoms with Gasteiger partial charge in [-0.2, -0.15) is 0 Å². The molecular weight excluding hydrogens is 250 g/mol. The minimum atomic E-state index is -0.0820. The molecule has 2 aliphatic heterocycles. The van der Waals surface area contributed by atoms with Crippen molar-refractivity contribution in [1.29, 1.82) is 0 Å². The zero-order chi connectivity index (χ0) is 13.7. The monoisotopic (exact) mass is 271 g/mol. The zero-order valence-corrected chi connectivity index (χ0v) is 11.9. The molecule has 0 amide bonds. The van der Waals surface area contributed by atoms with Crippen molar-refractivity contribution < 1.29 is 9.52 Å². The highest BCUT2D eigenvalue weighted by Gasteiger charge is 2.46. The molecule has 2 aromatic rings. The van der Waals surface area contributed by atoms with Gasteiger partial charge in [-0.05, 0) is 31.9 Å². The Hall–Kier alpha value is -1.32. The fourth-order valence-corrected chi connectivity index (χ4v) is 4.13. The van der Waals surface area contributed by atoms with Crippen molar-refractivity contribution >= 4 is 11.0 Å². The third-order valence-electron chi connectivity index (χ3n) is 5.21. The van der Waals surface area contributed by atoms with Crippen molar-refractivity contribution in [2.75, 3.05) is 19.7 Å². The molecule has 2 aliphatic rings. The topological polar surface area (TPSA) is 36.6 Å². The van der Waals surface area contributed by atoms with E-state index < -0.39 is 0 Å². The van der Waals surface area contributed by atoms with Gasteiger partial charge in [-0.15, -0.1) is 0 Å². The van der Waals surface area contributed by atoms with Crippen LogP contribution in [0.1, 0.15) is 37.1 Å². The second-order valence-electron chi connectivity index (χ2n) is 6.55. The first-order chi connectivity index (χ1) is 9.73. The fraction of sp³-hybridized carbons (Fsp3) is 0.529. The Labute approximate surface area is 119 Å². The summed E-state index contributed by atoms with van der Waals surface area (Å²) in [5, 5.41) is 11.2. The number of piperidine rings is 1. The van der Waals surface area contributed by atoms with Crippen LogP contribution in [0, 0.1) is 5.41 Å². The van der Waals surface area contributed by atoms with Crippen molar-refractivity contribution in [3.8, 4) is 0 Å². The summed E-state index contributed by atoms with van der Waals surface area (Å²) in [6.07, 6.45) is 3.30. The molecule has 3 heterocycles. The van der Waals surface area contributed by atoms with Crippen molar-refractivity contribution in [3.63, 3.8) is 0 Å². The lowest BCUT2D eigenvalue weighted by atomic mass is 9.72. The summed E-state index contributed by atoms with van der Waals surface area (Å²) >= 11 is 0. The normalized spacial score (nSPS) is 30.2. The second-order valence-corrected chi connectivity index (χ2v) is 6.55. The Morgan fingerprint density at radius 2 is 2.20 bits per heavy atom. The van der Waals surface area contributed by atoms with E-state index in [0.29, 0.717) is 0 Å². The smallest absolute Gasteiger partial charge is 0.134 e. The summed E-state index contributed by atoms with van der Waals surface area (Å²) in [6, 6.07) is 8.55. The molecule has 2 atom stereocenters. The summed E-state index contributed by atoms with van der Waals surface area (Å²) in [5.41, 5.74) is 2.27. The number of aliphatic hydroxyl groups excluding tert-OH is 1. The molecule has 0 radical (unpaired) electrons. The molecule has 1 N–H and O–H groups in total. The molecule has 106 valence electrons. The van der Waals surface area contributed by atoms with Gasteiger partial charge in [0.05, 0.1) is 12.6 Å². The number of benzene rings is 1. The van der Waals surface area contributed by atoms with Crippen molar-refractivity contribution in [3.05, 3.63) is 35.6 Å². The largest absolute Gasteiger partial charge is 0.459 e. The van der Waals surface area contributed by atoms with Crippen LogP contribution >= 0.6 is 0 Å². The SMILES string of the molecule is C[C@@]1(CO)CCCN2CCc3c(oc4ccccc34)C21. The minimum Gasteiger partial charge on any atom is -0.459 e. The molecule has 0 aliphatic carbocycles. The lowest BCUT2D eigenvalue weighted by Crippen LogP contribution is -2.49. The van der Waals surface area contributed by atoms with Gasteiger partial charge in [-0.3, -0.25) is 4.90 Å². The Morgan fingerprint density at radius 1 is 1.35 bits per heavy atom. The third-order valence-corrected chi connectivity index (χ3v) is 5.21. The first-order valence-electron chi connectivity index (χ1n) is 7.58. The highest BCUT2D eigenvalue weighted by Crippen LogP contribution is 2.50. The molecule has 20 heavy (non-hydrogen) atoms. The molecule has 0 spiro atoms. The highest BCUT2D eigenvalue weighted by atomic mass is 16.3. The molecular formula is C17H21NO2. The van der Waals surface area contributed by atoms with E-state index in [0.717, 1.165) is 37.3 Å². The molecule has 1 unspecified atom stereocenters. The van der Waals surface area contributed by atoms with E-state index in [9.17, 15) is 5.11 Å². The minimum absolute atomic E-state index is 0.0820. The van der Waals surface area contributed by atoms with E-state index in [2.05, 4.69) is 30.0 Å². The van der Waals surface area contributed by atoms with Crippen LogP contribution in [0.3, 0.4) is 0 Å². The van der Waals surface area contributed by atoms with Crippen LogP contribution in [0.5, 0.6) is 0 Å². The molecule has 1 fully saturated rings. The molecule has 1 aromatic carbocycles. The van der Waals surface area contributed by atoms with Gasteiger partial charge in [-0.25, -0.2) is 0 Å². The lowest BCUT2D eigenvalue weighted by molar-refractivity contribution is -0.0309. The number of furan rings is 1. The number of rotatable bonds is 1. The molecule has 1 aromatic heterocycles. The van der Waals surface area contributed by atoms with Gasteiger partial charge in [0.15, 0.2) is 0 Å². The maximum atomic E-state index is 9.92. The first kappa shape index (κ1) is 12.4. The van der Waals surface area contributed by atoms with Crippen LogP contribution < -0.4 is 0 Å². The highest BCUT2D eigenvalue weighted by molar-refractivity contribution is 5.82.